The summed E-state index contributed by atoms with van der Waals surface area (Å²) in [5.74, 6) is 0.802. The van der Waals surface area contributed by atoms with Crippen LogP contribution in [0.3, 0.4) is 0 Å². The van der Waals surface area contributed by atoms with Crippen LogP contribution in [-0.4, -0.2) is 67.0 Å². The van der Waals surface area contributed by atoms with Gasteiger partial charge >= 0.3 is 0 Å². The average Bonchev–Trinajstić information content (AvgIpc) is 2.79. The highest BCUT2D eigenvalue weighted by molar-refractivity contribution is 5.94. The van der Waals surface area contributed by atoms with Gasteiger partial charge in [-0.1, -0.05) is 45.4 Å². The molecule has 0 spiro atoms. The van der Waals surface area contributed by atoms with E-state index in [1.54, 1.807) is 7.11 Å². The van der Waals surface area contributed by atoms with Crippen molar-refractivity contribution in [3.05, 3.63) is 29.8 Å². The molecule has 6 heteroatoms. The van der Waals surface area contributed by atoms with Crippen molar-refractivity contribution in [2.24, 2.45) is 5.92 Å². The number of ether oxygens (including phenoxy) is 1. The summed E-state index contributed by atoms with van der Waals surface area (Å²) in [4.78, 5) is 32.6. The number of carbonyl (C=O) groups is 2. The Balaban J connectivity index is 2.00. The van der Waals surface area contributed by atoms with E-state index in [1.165, 1.54) is 6.42 Å². The first kappa shape index (κ1) is 24.7. The fourth-order valence-electron chi connectivity index (χ4n) is 5.18. The summed E-state index contributed by atoms with van der Waals surface area (Å²) in [5.41, 5.74) is 1.98. The van der Waals surface area contributed by atoms with E-state index in [4.69, 9.17) is 4.74 Å². The second-order valence-electron chi connectivity index (χ2n) is 9.68. The van der Waals surface area contributed by atoms with E-state index in [0.29, 0.717) is 37.5 Å². The summed E-state index contributed by atoms with van der Waals surface area (Å²) in [5, 5.41) is 0. The van der Waals surface area contributed by atoms with Gasteiger partial charge in [-0.05, 0) is 49.8 Å². The lowest BCUT2D eigenvalue weighted by Crippen LogP contribution is -2.53. The van der Waals surface area contributed by atoms with Gasteiger partial charge in [0.05, 0.1) is 0 Å². The molecule has 0 saturated carbocycles. The fourth-order valence-corrected chi connectivity index (χ4v) is 5.18. The Labute approximate surface area is 193 Å². The van der Waals surface area contributed by atoms with E-state index >= 15 is 0 Å². The van der Waals surface area contributed by atoms with Gasteiger partial charge in [-0.3, -0.25) is 14.5 Å². The van der Waals surface area contributed by atoms with Crippen LogP contribution in [0.15, 0.2) is 24.3 Å². The molecule has 1 aromatic carbocycles. The molecule has 2 aliphatic rings. The van der Waals surface area contributed by atoms with Crippen LogP contribution >= 0.6 is 0 Å². The summed E-state index contributed by atoms with van der Waals surface area (Å²) in [7, 11) is 1.57. The topological polar surface area (TPSA) is 53.1 Å². The van der Waals surface area contributed by atoms with Crippen molar-refractivity contribution in [3.63, 3.8) is 0 Å². The number of piperidine rings is 1. The van der Waals surface area contributed by atoms with Gasteiger partial charge in [-0.2, -0.15) is 0 Å². The van der Waals surface area contributed by atoms with E-state index in [9.17, 15) is 9.59 Å². The summed E-state index contributed by atoms with van der Waals surface area (Å²) < 4.78 is 5.21. The molecule has 0 N–H and O–H groups in total. The number of benzene rings is 1. The SMILES string of the molecule is CCC(=O)N1CCC2CCCC(CN(C(=O)COC)Cc3ccccc31)N2CCC(C)C. The van der Waals surface area contributed by atoms with Crippen molar-refractivity contribution in [1.82, 2.24) is 9.80 Å². The molecule has 0 aromatic heterocycles. The normalized spacial score (nSPS) is 22.4. The Morgan fingerprint density at radius 3 is 2.56 bits per heavy atom. The maximum absolute atomic E-state index is 13.1. The first-order chi connectivity index (χ1) is 15.4. The minimum Gasteiger partial charge on any atom is -0.375 e. The van der Waals surface area contributed by atoms with E-state index in [2.05, 4.69) is 24.8 Å². The number of para-hydroxylation sites is 1. The number of amides is 2. The van der Waals surface area contributed by atoms with E-state index in [-0.39, 0.29) is 18.4 Å². The van der Waals surface area contributed by atoms with Crippen LogP contribution in [0.25, 0.3) is 0 Å². The van der Waals surface area contributed by atoms with Crippen molar-refractivity contribution in [3.8, 4) is 0 Å². The molecule has 0 radical (unpaired) electrons. The monoisotopic (exact) mass is 443 g/mol. The number of carbonyl (C=O) groups excluding carboxylic acids is 2. The maximum atomic E-state index is 13.1. The second kappa shape index (κ2) is 11.8. The molecule has 2 bridgehead atoms. The quantitative estimate of drug-likeness (QED) is 0.665. The van der Waals surface area contributed by atoms with Crippen LogP contribution in [0, 0.1) is 5.92 Å². The van der Waals surface area contributed by atoms with Crippen molar-refractivity contribution < 1.29 is 14.3 Å². The number of hydrogen-bond donors (Lipinski definition) is 0. The molecule has 32 heavy (non-hydrogen) atoms. The lowest BCUT2D eigenvalue weighted by molar-refractivity contribution is -0.137. The average molecular weight is 444 g/mol. The number of hydrogen-bond acceptors (Lipinski definition) is 4. The van der Waals surface area contributed by atoms with Gasteiger partial charge in [0.1, 0.15) is 6.61 Å². The molecule has 2 atom stereocenters. The van der Waals surface area contributed by atoms with Crippen LogP contribution < -0.4 is 4.90 Å². The van der Waals surface area contributed by atoms with Crippen LogP contribution in [-0.2, 0) is 20.9 Å². The molecule has 2 unspecified atom stereocenters. The first-order valence-electron chi connectivity index (χ1n) is 12.3. The van der Waals surface area contributed by atoms with Crippen LogP contribution in [0.5, 0.6) is 0 Å². The second-order valence-corrected chi connectivity index (χ2v) is 9.68. The molecule has 2 amide bonds. The minimum atomic E-state index is 0.0147. The molecule has 178 valence electrons. The molecule has 0 aliphatic carbocycles. The molecule has 2 aliphatic heterocycles. The van der Waals surface area contributed by atoms with E-state index < -0.39 is 0 Å². The number of nitrogens with zero attached hydrogens (tertiary/aromatic N) is 3. The molecule has 6 nitrogen and oxygen atoms in total. The molecule has 1 saturated heterocycles. The highest BCUT2D eigenvalue weighted by Gasteiger charge is 2.34. The van der Waals surface area contributed by atoms with Gasteiger partial charge in [0.2, 0.25) is 11.8 Å². The fraction of sp³-hybridized carbons (Fsp3) is 0.692. The van der Waals surface area contributed by atoms with E-state index in [1.807, 2.05) is 34.9 Å². The molecule has 2 heterocycles. The Bertz CT molecular complexity index is 766. The zero-order chi connectivity index (χ0) is 23.1. The van der Waals surface area contributed by atoms with Gasteiger partial charge in [0, 0.05) is 50.9 Å². The molecular formula is C26H41N3O3. The van der Waals surface area contributed by atoms with Crippen LogP contribution in [0.2, 0.25) is 0 Å². The minimum absolute atomic E-state index is 0.0147. The standard InChI is InChI=1S/C26H41N3O3/c1-5-25(30)29-16-14-22-10-8-11-23(28(22)15-13-20(2)3)18-27(26(31)19-32-4)17-21-9-6-7-12-24(21)29/h6-7,9,12,20,22-23H,5,8,10-11,13-19H2,1-4H3. The summed E-state index contributed by atoms with van der Waals surface area (Å²) in [6.07, 6.45) is 6.05. The highest BCUT2D eigenvalue weighted by Crippen LogP contribution is 2.31. The highest BCUT2D eigenvalue weighted by atomic mass is 16.5. The summed E-state index contributed by atoms with van der Waals surface area (Å²) in [6, 6.07) is 8.88. The lowest BCUT2D eigenvalue weighted by atomic mass is 9.92. The number of rotatable bonds is 6. The Kier molecular flexibility index (Phi) is 9.11. The Morgan fingerprint density at radius 2 is 1.84 bits per heavy atom. The molecule has 1 aromatic rings. The molecule has 3 rings (SSSR count). The van der Waals surface area contributed by atoms with Gasteiger partial charge in [0.15, 0.2) is 0 Å². The molecular weight excluding hydrogens is 402 g/mol. The first-order valence-corrected chi connectivity index (χ1v) is 12.3. The Hall–Kier alpha value is -1.92. The van der Waals surface area contributed by atoms with Crippen molar-refractivity contribution >= 4 is 17.5 Å². The smallest absolute Gasteiger partial charge is 0.248 e. The third-order valence-corrected chi connectivity index (χ3v) is 6.96. The number of methoxy groups -OCH3 is 1. The lowest BCUT2D eigenvalue weighted by Gasteiger charge is -2.44. The number of fused-ring (bicyclic) bond motifs is 3. The zero-order valence-electron chi connectivity index (χ0n) is 20.4. The van der Waals surface area contributed by atoms with Gasteiger partial charge < -0.3 is 14.5 Å². The summed E-state index contributed by atoms with van der Waals surface area (Å²) >= 11 is 0. The van der Waals surface area contributed by atoms with Crippen molar-refractivity contribution in [1.29, 1.82) is 0 Å². The predicted octanol–water partition coefficient (Wildman–Crippen LogP) is 4.08. The van der Waals surface area contributed by atoms with Gasteiger partial charge in [0.25, 0.3) is 0 Å². The Morgan fingerprint density at radius 1 is 1.09 bits per heavy atom. The third-order valence-electron chi connectivity index (χ3n) is 6.96. The summed E-state index contributed by atoms with van der Waals surface area (Å²) in [6.45, 7) is 9.55. The van der Waals surface area contributed by atoms with Crippen LogP contribution in [0.4, 0.5) is 5.69 Å². The predicted molar refractivity (Wildman–Crippen MR) is 129 cm³/mol. The van der Waals surface area contributed by atoms with E-state index in [0.717, 1.165) is 50.0 Å². The zero-order valence-corrected chi connectivity index (χ0v) is 20.4. The van der Waals surface area contributed by atoms with Crippen molar-refractivity contribution in [2.45, 2.75) is 77.9 Å². The largest absolute Gasteiger partial charge is 0.375 e. The molecule has 1 fully saturated rings. The maximum Gasteiger partial charge on any atom is 0.248 e. The number of anilines is 1. The van der Waals surface area contributed by atoms with Gasteiger partial charge in [-0.15, -0.1) is 0 Å². The van der Waals surface area contributed by atoms with Crippen LogP contribution in [0.1, 0.15) is 64.9 Å². The van der Waals surface area contributed by atoms with Gasteiger partial charge in [-0.25, -0.2) is 0 Å². The van der Waals surface area contributed by atoms with Crippen molar-refractivity contribution in [2.75, 3.05) is 38.3 Å². The third kappa shape index (κ3) is 6.10.